The number of aromatic nitrogens is 2. The van der Waals surface area contributed by atoms with E-state index in [0.29, 0.717) is 23.0 Å². The molecule has 1 heterocycles. The average Bonchev–Trinajstić information content (AvgIpc) is 3.16. The highest BCUT2D eigenvalue weighted by Gasteiger charge is 2.17. The molecule has 2 aromatic carbocycles. The molecule has 122 valence electrons. The summed E-state index contributed by atoms with van der Waals surface area (Å²) in [6, 6.07) is 14.1. The molecule has 0 unspecified atom stereocenters. The van der Waals surface area contributed by atoms with Crippen LogP contribution in [0.5, 0.6) is 11.5 Å². The molecule has 1 atom stereocenters. The Morgan fingerprint density at radius 2 is 1.71 bits per heavy atom. The van der Waals surface area contributed by atoms with E-state index in [4.69, 9.17) is 13.9 Å². The molecular formula is C18H16N2O4. The first-order valence-electron chi connectivity index (χ1n) is 7.39. The quantitative estimate of drug-likeness (QED) is 0.647. The molecule has 0 amide bonds. The van der Waals surface area contributed by atoms with Crippen molar-refractivity contribution >= 4 is 5.78 Å². The Kier molecular flexibility index (Phi) is 4.56. The van der Waals surface area contributed by atoms with E-state index < -0.39 is 6.10 Å². The van der Waals surface area contributed by atoms with Crippen molar-refractivity contribution in [1.82, 2.24) is 10.2 Å². The summed E-state index contributed by atoms with van der Waals surface area (Å²) in [5.41, 5.74) is 1.36. The van der Waals surface area contributed by atoms with Gasteiger partial charge in [0, 0.05) is 11.1 Å². The summed E-state index contributed by atoms with van der Waals surface area (Å²) < 4.78 is 15.9. The number of hydrogen-bond donors (Lipinski definition) is 0. The predicted octanol–water partition coefficient (Wildman–Crippen LogP) is 3.40. The van der Waals surface area contributed by atoms with Gasteiger partial charge in [0.15, 0.2) is 6.10 Å². The summed E-state index contributed by atoms with van der Waals surface area (Å²) in [6.45, 7) is 1.72. The van der Waals surface area contributed by atoms with Crippen molar-refractivity contribution in [2.75, 3.05) is 7.11 Å². The summed E-state index contributed by atoms with van der Waals surface area (Å²) in [5.74, 6) is 1.63. The lowest BCUT2D eigenvalue weighted by atomic mass is 10.1. The Hall–Kier alpha value is -3.15. The Labute approximate surface area is 139 Å². The van der Waals surface area contributed by atoms with Gasteiger partial charge in [-0.3, -0.25) is 4.79 Å². The second-order valence-corrected chi connectivity index (χ2v) is 5.12. The maximum Gasteiger partial charge on any atom is 0.247 e. The minimum Gasteiger partial charge on any atom is -0.497 e. The van der Waals surface area contributed by atoms with Crippen molar-refractivity contribution in [3.63, 3.8) is 0 Å². The fourth-order valence-electron chi connectivity index (χ4n) is 2.22. The van der Waals surface area contributed by atoms with Crippen molar-refractivity contribution in [3.8, 4) is 23.0 Å². The fourth-order valence-corrected chi connectivity index (χ4v) is 2.22. The Balaban J connectivity index is 1.67. The second kappa shape index (κ2) is 6.95. The first-order chi connectivity index (χ1) is 11.7. The molecular weight excluding hydrogens is 308 g/mol. The van der Waals surface area contributed by atoms with Crippen LogP contribution in [0.4, 0.5) is 0 Å². The third kappa shape index (κ3) is 3.43. The zero-order valence-electron chi connectivity index (χ0n) is 13.3. The molecule has 24 heavy (non-hydrogen) atoms. The number of rotatable bonds is 6. The van der Waals surface area contributed by atoms with Gasteiger partial charge in [-0.15, -0.1) is 10.2 Å². The summed E-state index contributed by atoms with van der Waals surface area (Å²) in [5, 5.41) is 7.47. The highest BCUT2D eigenvalue weighted by molar-refractivity contribution is 5.99. The highest BCUT2D eigenvalue weighted by Crippen LogP contribution is 2.22. The van der Waals surface area contributed by atoms with E-state index in [-0.39, 0.29) is 5.78 Å². The van der Waals surface area contributed by atoms with Gasteiger partial charge < -0.3 is 13.9 Å². The van der Waals surface area contributed by atoms with E-state index in [1.807, 2.05) is 0 Å². The lowest BCUT2D eigenvalue weighted by Crippen LogP contribution is -2.23. The van der Waals surface area contributed by atoms with Gasteiger partial charge in [-0.05, 0) is 55.5 Å². The fraction of sp³-hybridized carbons (Fsp3) is 0.167. The number of ether oxygens (including phenoxy) is 2. The van der Waals surface area contributed by atoms with Crippen molar-refractivity contribution in [3.05, 3.63) is 60.5 Å². The average molecular weight is 324 g/mol. The largest absolute Gasteiger partial charge is 0.497 e. The van der Waals surface area contributed by atoms with Gasteiger partial charge in [0.2, 0.25) is 18.1 Å². The molecule has 3 aromatic rings. The van der Waals surface area contributed by atoms with Gasteiger partial charge >= 0.3 is 0 Å². The van der Waals surface area contributed by atoms with Crippen LogP contribution in [-0.4, -0.2) is 29.2 Å². The molecule has 0 aliphatic rings. The molecule has 0 saturated heterocycles. The lowest BCUT2D eigenvalue weighted by Gasteiger charge is -2.14. The molecule has 0 bridgehead atoms. The van der Waals surface area contributed by atoms with E-state index in [0.717, 1.165) is 5.56 Å². The van der Waals surface area contributed by atoms with Gasteiger partial charge in [-0.1, -0.05) is 0 Å². The molecule has 0 saturated carbocycles. The topological polar surface area (TPSA) is 74.5 Å². The van der Waals surface area contributed by atoms with E-state index in [1.54, 1.807) is 62.6 Å². The Morgan fingerprint density at radius 3 is 2.29 bits per heavy atom. The van der Waals surface area contributed by atoms with Crippen molar-refractivity contribution < 1.29 is 18.7 Å². The normalized spacial score (nSPS) is 11.8. The van der Waals surface area contributed by atoms with E-state index in [1.165, 1.54) is 6.39 Å². The summed E-state index contributed by atoms with van der Waals surface area (Å²) in [6.07, 6.45) is 0.669. The summed E-state index contributed by atoms with van der Waals surface area (Å²) in [4.78, 5) is 12.4. The first-order valence-corrected chi connectivity index (χ1v) is 7.39. The maximum absolute atomic E-state index is 12.4. The standard InChI is InChI=1S/C18H16N2O4/c1-12(17(21)13-3-7-15(22-2)8-4-13)24-16-9-5-14(6-10-16)18-20-19-11-23-18/h3-12H,1-2H3/t12-/m1/s1. The number of benzene rings is 2. The molecule has 0 aliphatic carbocycles. The Bertz CT molecular complexity index is 796. The number of carbonyl (C=O) groups is 1. The monoisotopic (exact) mass is 324 g/mol. The lowest BCUT2D eigenvalue weighted by molar-refractivity contribution is 0.0818. The molecule has 0 N–H and O–H groups in total. The zero-order valence-corrected chi connectivity index (χ0v) is 13.3. The molecule has 3 rings (SSSR count). The summed E-state index contributed by atoms with van der Waals surface area (Å²) in [7, 11) is 1.58. The van der Waals surface area contributed by atoms with Crippen LogP contribution >= 0.6 is 0 Å². The zero-order chi connectivity index (χ0) is 16.9. The molecule has 1 aromatic heterocycles. The van der Waals surface area contributed by atoms with Crippen LogP contribution < -0.4 is 9.47 Å². The van der Waals surface area contributed by atoms with Gasteiger partial charge in [0.05, 0.1) is 7.11 Å². The minimum absolute atomic E-state index is 0.0985. The predicted molar refractivity (Wildman–Crippen MR) is 87.1 cm³/mol. The van der Waals surface area contributed by atoms with Crippen LogP contribution in [0.15, 0.2) is 59.3 Å². The number of Topliss-reactive ketones (excluding diaryl/α,β-unsaturated/α-hetero) is 1. The molecule has 0 fully saturated rings. The maximum atomic E-state index is 12.4. The van der Waals surface area contributed by atoms with E-state index >= 15 is 0 Å². The highest BCUT2D eigenvalue weighted by atomic mass is 16.5. The number of ketones is 1. The van der Waals surface area contributed by atoms with Crippen molar-refractivity contribution in [1.29, 1.82) is 0 Å². The molecule has 0 radical (unpaired) electrons. The van der Waals surface area contributed by atoms with Gasteiger partial charge in [-0.2, -0.15) is 0 Å². The van der Waals surface area contributed by atoms with Crippen molar-refractivity contribution in [2.45, 2.75) is 13.0 Å². The van der Waals surface area contributed by atoms with Crippen molar-refractivity contribution in [2.24, 2.45) is 0 Å². The minimum atomic E-state index is -0.604. The summed E-state index contributed by atoms with van der Waals surface area (Å²) >= 11 is 0. The molecule has 0 aliphatic heterocycles. The van der Waals surface area contributed by atoms with Crippen LogP contribution in [0.3, 0.4) is 0 Å². The smallest absolute Gasteiger partial charge is 0.247 e. The van der Waals surface area contributed by atoms with Gasteiger partial charge in [0.25, 0.3) is 0 Å². The van der Waals surface area contributed by atoms with Crippen LogP contribution in [0, 0.1) is 0 Å². The number of carbonyl (C=O) groups excluding carboxylic acids is 1. The molecule has 6 heteroatoms. The van der Waals surface area contributed by atoms with Gasteiger partial charge in [-0.25, -0.2) is 0 Å². The van der Waals surface area contributed by atoms with E-state index in [9.17, 15) is 4.79 Å². The van der Waals surface area contributed by atoms with Crippen LogP contribution in [0.1, 0.15) is 17.3 Å². The number of hydrogen-bond acceptors (Lipinski definition) is 6. The second-order valence-electron chi connectivity index (χ2n) is 5.12. The Morgan fingerprint density at radius 1 is 1.04 bits per heavy atom. The third-order valence-corrected chi connectivity index (χ3v) is 3.52. The third-order valence-electron chi connectivity index (χ3n) is 3.52. The number of nitrogens with zero attached hydrogens (tertiary/aromatic N) is 2. The first kappa shape index (κ1) is 15.7. The molecule has 6 nitrogen and oxygen atoms in total. The van der Waals surface area contributed by atoms with Gasteiger partial charge in [0.1, 0.15) is 11.5 Å². The van der Waals surface area contributed by atoms with Crippen LogP contribution in [0.2, 0.25) is 0 Å². The SMILES string of the molecule is COc1ccc(C(=O)[C@@H](C)Oc2ccc(-c3nnco3)cc2)cc1. The van der Waals surface area contributed by atoms with E-state index in [2.05, 4.69) is 10.2 Å². The number of methoxy groups -OCH3 is 1. The van der Waals surface area contributed by atoms with Crippen LogP contribution in [0.25, 0.3) is 11.5 Å². The molecule has 0 spiro atoms. The van der Waals surface area contributed by atoms with Crippen LogP contribution in [-0.2, 0) is 0 Å².